The van der Waals surface area contributed by atoms with Crippen molar-refractivity contribution in [2.45, 2.75) is 25.3 Å². The molecule has 224 valence electrons. The van der Waals surface area contributed by atoms with Gasteiger partial charge in [-0.1, -0.05) is 12.1 Å². The van der Waals surface area contributed by atoms with Gasteiger partial charge in [0.1, 0.15) is 11.8 Å². The van der Waals surface area contributed by atoms with Crippen LogP contribution in [0.25, 0.3) is 11.3 Å². The largest absolute Gasteiger partial charge is 0.494 e. The number of carbonyl (C=O) groups is 2. The molecule has 1 saturated heterocycles. The third-order valence-electron chi connectivity index (χ3n) is 7.78. The van der Waals surface area contributed by atoms with E-state index in [1.807, 2.05) is 42.1 Å². The quantitative estimate of drug-likeness (QED) is 0.249. The van der Waals surface area contributed by atoms with E-state index in [0.29, 0.717) is 29.4 Å². The number of methoxy groups -OCH3 is 1. The van der Waals surface area contributed by atoms with Crippen LogP contribution in [0, 0.1) is 17.2 Å². The maximum atomic E-state index is 12.6. The average molecular weight is 593 g/mol. The number of nitrogens with zero attached hydrogens (tertiary/aromatic N) is 7. The second kappa shape index (κ2) is 12.1. The summed E-state index contributed by atoms with van der Waals surface area (Å²) in [5.74, 6) is 0.548. The summed E-state index contributed by atoms with van der Waals surface area (Å²) in [4.78, 5) is 31.6. The number of pyridine rings is 1. The number of benzene rings is 1. The fourth-order valence-corrected chi connectivity index (χ4v) is 5.30. The molecular formula is C31H32N10O3. The number of para-hydroxylation sites is 1. The van der Waals surface area contributed by atoms with E-state index < -0.39 is 5.91 Å². The Morgan fingerprint density at radius 3 is 2.61 bits per heavy atom. The summed E-state index contributed by atoms with van der Waals surface area (Å²) in [6.07, 6.45) is 1.71. The third kappa shape index (κ3) is 5.93. The molecule has 0 bridgehead atoms. The molecule has 3 aromatic heterocycles. The minimum Gasteiger partial charge on any atom is -0.494 e. The lowest BCUT2D eigenvalue weighted by Gasteiger charge is -2.38. The molecule has 1 aliphatic heterocycles. The zero-order chi connectivity index (χ0) is 30.8. The van der Waals surface area contributed by atoms with E-state index >= 15 is 0 Å². The summed E-state index contributed by atoms with van der Waals surface area (Å²) in [5, 5.41) is 30.7. The maximum absolute atomic E-state index is 12.6. The molecule has 4 aromatic rings. The van der Waals surface area contributed by atoms with E-state index in [4.69, 9.17) is 15.1 Å². The van der Waals surface area contributed by atoms with Gasteiger partial charge in [-0.25, -0.2) is 4.98 Å². The van der Waals surface area contributed by atoms with E-state index in [1.165, 1.54) is 7.05 Å². The van der Waals surface area contributed by atoms with Gasteiger partial charge >= 0.3 is 0 Å². The molecule has 3 N–H and O–H groups in total. The topological polar surface area (TPSA) is 163 Å². The Kier molecular flexibility index (Phi) is 7.91. The zero-order valence-corrected chi connectivity index (χ0v) is 24.7. The molecule has 2 amide bonds. The van der Waals surface area contributed by atoms with Crippen LogP contribution in [0.15, 0.2) is 48.5 Å². The molecule has 4 heterocycles. The second-order valence-electron chi connectivity index (χ2n) is 10.9. The Bertz CT molecular complexity index is 1770. The number of carbonyl (C=O) groups excluding carboxylic acids is 2. The van der Waals surface area contributed by atoms with Gasteiger partial charge in [-0.15, -0.1) is 10.2 Å². The van der Waals surface area contributed by atoms with Crippen LogP contribution in [0.4, 0.5) is 17.2 Å². The van der Waals surface area contributed by atoms with Crippen LogP contribution in [0.5, 0.6) is 5.75 Å². The summed E-state index contributed by atoms with van der Waals surface area (Å²) >= 11 is 0. The fraction of sp³-hybridized carbons (Fsp3) is 0.323. The van der Waals surface area contributed by atoms with Crippen molar-refractivity contribution in [1.82, 2.24) is 35.2 Å². The van der Waals surface area contributed by atoms with Gasteiger partial charge in [-0.05, 0) is 43.2 Å². The number of anilines is 3. The Labute approximate surface area is 254 Å². The van der Waals surface area contributed by atoms with Gasteiger partial charge in [0.25, 0.3) is 5.91 Å². The number of hydrogen-bond donors (Lipinski definition) is 3. The highest BCUT2D eigenvalue weighted by Gasteiger charge is 2.32. The number of nitriles is 1. The van der Waals surface area contributed by atoms with Crippen LogP contribution in [0.1, 0.15) is 46.3 Å². The van der Waals surface area contributed by atoms with Crippen molar-refractivity contribution in [2.75, 3.05) is 37.9 Å². The van der Waals surface area contributed by atoms with E-state index in [1.54, 1.807) is 19.2 Å². The molecule has 0 unspecified atom stereocenters. The van der Waals surface area contributed by atoms with Crippen molar-refractivity contribution in [2.24, 2.45) is 13.0 Å². The average Bonchev–Trinajstić information content (AvgIpc) is 3.80. The molecule has 13 nitrogen and oxygen atoms in total. The predicted octanol–water partition coefficient (Wildman–Crippen LogP) is 3.20. The van der Waals surface area contributed by atoms with Gasteiger partial charge in [0, 0.05) is 57.2 Å². The van der Waals surface area contributed by atoms with Crippen molar-refractivity contribution in [3.63, 3.8) is 0 Å². The lowest BCUT2D eigenvalue weighted by Crippen LogP contribution is -2.44. The Morgan fingerprint density at radius 2 is 1.89 bits per heavy atom. The normalized spacial score (nSPS) is 14.8. The first-order chi connectivity index (χ1) is 21.4. The Hall–Kier alpha value is -5.35. The number of nitrogens with one attached hydrogen (secondary N) is 3. The van der Waals surface area contributed by atoms with E-state index in [-0.39, 0.29) is 29.3 Å². The molecule has 1 saturated carbocycles. The van der Waals surface area contributed by atoms with Crippen molar-refractivity contribution in [1.29, 1.82) is 5.26 Å². The van der Waals surface area contributed by atoms with Crippen LogP contribution in [-0.2, 0) is 18.4 Å². The fourth-order valence-electron chi connectivity index (χ4n) is 5.30. The SMILES string of the molecule is CNC(=O)c1nnc(NC(=O)C2CC2)cc1Nc1cccc(-c2cc(C3CN(Cc4cccc(C#N)n4)C3)nn2C)c1OC. The van der Waals surface area contributed by atoms with Crippen LogP contribution < -0.4 is 20.7 Å². The van der Waals surface area contributed by atoms with Gasteiger partial charge in [0.15, 0.2) is 17.3 Å². The molecule has 0 spiro atoms. The Morgan fingerprint density at radius 1 is 1.09 bits per heavy atom. The molecule has 0 radical (unpaired) electrons. The third-order valence-corrected chi connectivity index (χ3v) is 7.78. The highest BCUT2D eigenvalue weighted by atomic mass is 16.5. The number of rotatable bonds is 10. The summed E-state index contributed by atoms with van der Waals surface area (Å²) in [5.41, 5.74) is 5.02. The molecule has 13 heteroatoms. The maximum Gasteiger partial charge on any atom is 0.273 e. The summed E-state index contributed by atoms with van der Waals surface area (Å²) in [7, 11) is 5.01. The molecule has 2 aliphatic rings. The molecule has 0 atom stereocenters. The summed E-state index contributed by atoms with van der Waals surface area (Å²) < 4.78 is 7.72. The standard InChI is InChI=1S/C31H32N10O3/c1-33-31(43)28-25(13-27(37-38-28)36-30(42)18-10-11-18)35-23-9-5-8-22(29(23)44-3)26-12-24(39-40(26)2)19-15-41(16-19)17-21-7-4-6-20(14-32)34-21/h4-9,12-13,18-19H,10-11,15-17H2,1-3H3,(H,33,43)(H2,35,36,37,42). The van der Waals surface area contributed by atoms with Crippen molar-refractivity contribution in [3.8, 4) is 23.1 Å². The van der Waals surface area contributed by atoms with E-state index in [0.717, 1.165) is 48.6 Å². The van der Waals surface area contributed by atoms with Gasteiger partial charge < -0.3 is 20.7 Å². The molecule has 1 aliphatic carbocycles. The highest BCUT2D eigenvalue weighted by molar-refractivity contribution is 6.00. The summed E-state index contributed by atoms with van der Waals surface area (Å²) in [6.45, 7) is 2.36. The second-order valence-corrected chi connectivity index (χ2v) is 10.9. The van der Waals surface area contributed by atoms with Crippen molar-refractivity contribution >= 4 is 29.0 Å². The molecule has 6 rings (SSSR count). The van der Waals surface area contributed by atoms with Gasteiger partial charge in [0.2, 0.25) is 5.91 Å². The lowest BCUT2D eigenvalue weighted by atomic mass is 9.95. The Balaban J connectivity index is 1.22. The van der Waals surface area contributed by atoms with E-state index in [9.17, 15) is 9.59 Å². The molecule has 2 fully saturated rings. The number of amides is 2. The predicted molar refractivity (Wildman–Crippen MR) is 162 cm³/mol. The monoisotopic (exact) mass is 592 g/mol. The molecule has 1 aromatic carbocycles. The number of likely N-dealkylation sites (tertiary alicyclic amines) is 1. The first-order valence-electron chi connectivity index (χ1n) is 14.3. The number of ether oxygens (including phenoxy) is 1. The van der Waals surface area contributed by atoms with Crippen molar-refractivity contribution in [3.05, 3.63) is 71.3 Å². The minimum atomic E-state index is -0.422. The molecular weight excluding hydrogens is 560 g/mol. The van der Waals surface area contributed by atoms with Gasteiger partial charge in [-0.2, -0.15) is 10.4 Å². The summed E-state index contributed by atoms with van der Waals surface area (Å²) in [6, 6.07) is 17.0. The van der Waals surface area contributed by atoms with Gasteiger partial charge in [0.05, 0.1) is 35.6 Å². The smallest absolute Gasteiger partial charge is 0.273 e. The number of aromatic nitrogens is 5. The van der Waals surface area contributed by atoms with Crippen LogP contribution in [0.2, 0.25) is 0 Å². The van der Waals surface area contributed by atoms with E-state index in [2.05, 4.69) is 48.2 Å². The first kappa shape index (κ1) is 28.8. The zero-order valence-electron chi connectivity index (χ0n) is 24.7. The van der Waals surface area contributed by atoms with Crippen LogP contribution in [0.3, 0.4) is 0 Å². The molecule has 44 heavy (non-hydrogen) atoms. The highest BCUT2D eigenvalue weighted by Crippen LogP contribution is 2.40. The number of hydrogen-bond acceptors (Lipinski definition) is 10. The van der Waals surface area contributed by atoms with Crippen LogP contribution in [-0.4, -0.2) is 68.9 Å². The van der Waals surface area contributed by atoms with Gasteiger partial charge in [-0.3, -0.25) is 19.2 Å². The number of aryl methyl sites for hydroxylation is 1. The van der Waals surface area contributed by atoms with Crippen molar-refractivity contribution < 1.29 is 14.3 Å². The minimum absolute atomic E-state index is 0.00565. The van der Waals surface area contributed by atoms with Crippen LogP contribution >= 0.6 is 0 Å². The first-order valence-corrected chi connectivity index (χ1v) is 14.3. The lowest BCUT2D eigenvalue weighted by molar-refractivity contribution is -0.117.